The number of aliphatic carboxylic acids is 1. The highest BCUT2D eigenvalue weighted by atomic mass is 16.5. The second kappa shape index (κ2) is 4.30. The van der Waals surface area contributed by atoms with Crippen molar-refractivity contribution < 1.29 is 14.6 Å². The minimum Gasteiger partial charge on any atom is -0.481 e. The molecule has 0 aromatic carbocycles. The normalized spacial score (nSPS) is 36.7. The standard InChI is InChI=1S/C11H18O3/c12-11(13)10-6-4-8(10)3-5-9-2-1-7-14-9/h8-10H,1-7H2,(H,12,13). The molecule has 0 bridgehead atoms. The van der Waals surface area contributed by atoms with Gasteiger partial charge in [-0.15, -0.1) is 0 Å². The van der Waals surface area contributed by atoms with Gasteiger partial charge in [0.05, 0.1) is 12.0 Å². The summed E-state index contributed by atoms with van der Waals surface area (Å²) in [7, 11) is 0. The van der Waals surface area contributed by atoms with Crippen LogP contribution in [0.4, 0.5) is 0 Å². The smallest absolute Gasteiger partial charge is 0.306 e. The van der Waals surface area contributed by atoms with Gasteiger partial charge in [-0.25, -0.2) is 0 Å². The first-order valence-corrected chi connectivity index (χ1v) is 5.62. The number of rotatable bonds is 4. The lowest BCUT2D eigenvalue weighted by Crippen LogP contribution is -2.33. The minimum absolute atomic E-state index is 0.0589. The maximum atomic E-state index is 10.8. The van der Waals surface area contributed by atoms with Crippen molar-refractivity contribution in [1.29, 1.82) is 0 Å². The molecule has 2 rings (SSSR count). The van der Waals surface area contributed by atoms with Gasteiger partial charge in [0.15, 0.2) is 0 Å². The van der Waals surface area contributed by atoms with E-state index in [9.17, 15) is 4.79 Å². The van der Waals surface area contributed by atoms with Crippen molar-refractivity contribution in [2.75, 3.05) is 6.61 Å². The summed E-state index contributed by atoms with van der Waals surface area (Å²) in [6.45, 7) is 0.900. The fourth-order valence-corrected chi connectivity index (χ4v) is 2.51. The third-order valence-corrected chi connectivity index (χ3v) is 3.62. The molecule has 1 heterocycles. The van der Waals surface area contributed by atoms with Gasteiger partial charge in [0.25, 0.3) is 0 Å². The molecule has 1 saturated heterocycles. The van der Waals surface area contributed by atoms with Crippen LogP contribution in [0, 0.1) is 11.8 Å². The molecule has 2 aliphatic rings. The van der Waals surface area contributed by atoms with Gasteiger partial charge in [-0.2, -0.15) is 0 Å². The molecule has 3 unspecified atom stereocenters. The number of hydrogen-bond acceptors (Lipinski definition) is 2. The van der Waals surface area contributed by atoms with Crippen molar-refractivity contribution >= 4 is 5.97 Å². The van der Waals surface area contributed by atoms with E-state index in [0.717, 1.165) is 32.3 Å². The number of hydrogen-bond donors (Lipinski definition) is 1. The van der Waals surface area contributed by atoms with Crippen LogP contribution in [0.25, 0.3) is 0 Å². The van der Waals surface area contributed by atoms with E-state index in [4.69, 9.17) is 9.84 Å². The molecular weight excluding hydrogens is 180 g/mol. The van der Waals surface area contributed by atoms with Crippen molar-refractivity contribution in [1.82, 2.24) is 0 Å². The van der Waals surface area contributed by atoms with Gasteiger partial charge >= 0.3 is 5.97 Å². The summed E-state index contributed by atoms with van der Waals surface area (Å²) in [6.07, 6.45) is 6.86. The molecular formula is C11H18O3. The second-order valence-electron chi connectivity index (χ2n) is 4.49. The van der Waals surface area contributed by atoms with Crippen LogP contribution in [0.3, 0.4) is 0 Å². The molecule has 2 fully saturated rings. The van der Waals surface area contributed by atoms with Crippen molar-refractivity contribution in [3.05, 3.63) is 0 Å². The molecule has 0 amide bonds. The third kappa shape index (κ3) is 2.08. The molecule has 3 atom stereocenters. The fourth-order valence-electron chi connectivity index (χ4n) is 2.51. The first-order valence-electron chi connectivity index (χ1n) is 5.62. The van der Waals surface area contributed by atoms with Gasteiger partial charge in [-0.3, -0.25) is 4.79 Å². The van der Waals surface area contributed by atoms with Crippen molar-refractivity contribution in [2.24, 2.45) is 11.8 Å². The minimum atomic E-state index is -0.603. The van der Waals surface area contributed by atoms with E-state index in [1.54, 1.807) is 0 Å². The molecule has 1 aliphatic heterocycles. The summed E-state index contributed by atoms with van der Waals surface area (Å²) in [5, 5.41) is 8.86. The molecule has 14 heavy (non-hydrogen) atoms. The molecule has 0 radical (unpaired) electrons. The Morgan fingerprint density at radius 1 is 1.29 bits per heavy atom. The molecule has 0 aromatic heterocycles. The predicted molar refractivity (Wildman–Crippen MR) is 52.1 cm³/mol. The number of ether oxygens (including phenoxy) is 1. The predicted octanol–water partition coefficient (Wildman–Crippen LogP) is 2.06. The highest BCUT2D eigenvalue weighted by molar-refractivity contribution is 5.71. The van der Waals surface area contributed by atoms with E-state index in [1.807, 2.05) is 0 Å². The van der Waals surface area contributed by atoms with Crippen LogP contribution in [0.1, 0.15) is 38.5 Å². The Kier molecular flexibility index (Phi) is 3.06. The lowest BCUT2D eigenvalue weighted by atomic mass is 9.71. The summed E-state index contributed by atoms with van der Waals surface area (Å²) in [6, 6.07) is 0. The van der Waals surface area contributed by atoms with Crippen LogP contribution in [0.2, 0.25) is 0 Å². The van der Waals surface area contributed by atoms with Crippen LogP contribution in [0.15, 0.2) is 0 Å². The Morgan fingerprint density at radius 2 is 2.14 bits per heavy atom. The van der Waals surface area contributed by atoms with Crippen LogP contribution >= 0.6 is 0 Å². The molecule has 80 valence electrons. The van der Waals surface area contributed by atoms with E-state index in [1.165, 1.54) is 12.8 Å². The summed E-state index contributed by atoms with van der Waals surface area (Å²) in [4.78, 5) is 10.8. The summed E-state index contributed by atoms with van der Waals surface area (Å²) < 4.78 is 5.52. The summed E-state index contributed by atoms with van der Waals surface area (Å²) >= 11 is 0. The molecule has 3 heteroatoms. The molecule has 0 aromatic rings. The topological polar surface area (TPSA) is 46.5 Å². The second-order valence-corrected chi connectivity index (χ2v) is 4.49. The molecule has 0 spiro atoms. The number of carboxylic acid groups (broad SMARTS) is 1. The van der Waals surface area contributed by atoms with Gasteiger partial charge in [0, 0.05) is 6.61 Å². The highest BCUT2D eigenvalue weighted by Crippen LogP contribution is 2.38. The Bertz CT molecular complexity index is 209. The SMILES string of the molecule is O=C(O)C1CCC1CCC1CCCO1. The van der Waals surface area contributed by atoms with Crippen molar-refractivity contribution in [3.8, 4) is 0 Å². The monoisotopic (exact) mass is 198 g/mol. The lowest BCUT2D eigenvalue weighted by Gasteiger charge is -2.33. The molecule has 1 aliphatic carbocycles. The zero-order chi connectivity index (χ0) is 9.97. The number of carbonyl (C=O) groups is 1. The van der Waals surface area contributed by atoms with Gasteiger partial charge in [-0.05, 0) is 44.4 Å². The first kappa shape index (κ1) is 9.97. The Morgan fingerprint density at radius 3 is 2.64 bits per heavy atom. The number of carboxylic acids is 1. The zero-order valence-corrected chi connectivity index (χ0v) is 8.45. The van der Waals surface area contributed by atoms with Gasteiger partial charge < -0.3 is 9.84 Å². The van der Waals surface area contributed by atoms with Gasteiger partial charge in [-0.1, -0.05) is 0 Å². The quantitative estimate of drug-likeness (QED) is 0.752. The van der Waals surface area contributed by atoms with E-state index < -0.39 is 5.97 Å². The Labute approximate surface area is 84.4 Å². The zero-order valence-electron chi connectivity index (χ0n) is 8.45. The largest absolute Gasteiger partial charge is 0.481 e. The molecule has 1 saturated carbocycles. The van der Waals surface area contributed by atoms with Crippen LogP contribution in [-0.4, -0.2) is 23.8 Å². The van der Waals surface area contributed by atoms with Gasteiger partial charge in [0.2, 0.25) is 0 Å². The molecule has 1 N–H and O–H groups in total. The van der Waals surface area contributed by atoms with Crippen LogP contribution in [0.5, 0.6) is 0 Å². The van der Waals surface area contributed by atoms with E-state index >= 15 is 0 Å². The first-order chi connectivity index (χ1) is 6.77. The average Bonchev–Trinajstić information content (AvgIpc) is 2.53. The Balaban J connectivity index is 1.67. The van der Waals surface area contributed by atoms with E-state index in [0.29, 0.717) is 12.0 Å². The fraction of sp³-hybridized carbons (Fsp3) is 0.909. The molecule has 3 nitrogen and oxygen atoms in total. The average molecular weight is 198 g/mol. The Hall–Kier alpha value is -0.570. The maximum Gasteiger partial charge on any atom is 0.306 e. The van der Waals surface area contributed by atoms with E-state index in [2.05, 4.69) is 0 Å². The van der Waals surface area contributed by atoms with Crippen LogP contribution in [-0.2, 0) is 9.53 Å². The summed E-state index contributed by atoms with van der Waals surface area (Å²) in [5.41, 5.74) is 0. The van der Waals surface area contributed by atoms with Crippen LogP contribution < -0.4 is 0 Å². The van der Waals surface area contributed by atoms with Gasteiger partial charge in [0.1, 0.15) is 0 Å². The van der Waals surface area contributed by atoms with Crippen molar-refractivity contribution in [2.45, 2.75) is 44.6 Å². The lowest BCUT2D eigenvalue weighted by molar-refractivity contribution is -0.148. The maximum absolute atomic E-state index is 10.8. The van der Waals surface area contributed by atoms with E-state index in [-0.39, 0.29) is 5.92 Å². The summed E-state index contributed by atoms with van der Waals surface area (Å²) in [5.74, 6) is -0.235. The highest BCUT2D eigenvalue weighted by Gasteiger charge is 2.36. The third-order valence-electron chi connectivity index (χ3n) is 3.62. The van der Waals surface area contributed by atoms with Crippen molar-refractivity contribution in [3.63, 3.8) is 0 Å².